The van der Waals surface area contributed by atoms with E-state index in [9.17, 15) is 14.6 Å². The number of allylic oxidation sites excluding steroid dienone is 10. The molecule has 0 amide bonds. The van der Waals surface area contributed by atoms with E-state index in [4.69, 9.17) is 13.8 Å². The zero-order valence-electron chi connectivity index (χ0n) is 24.3. The summed E-state index contributed by atoms with van der Waals surface area (Å²) in [6.07, 6.45) is 31.5. The van der Waals surface area contributed by atoms with E-state index in [0.717, 1.165) is 64.2 Å². The Labute approximate surface area is 232 Å². The molecule has 0 aliphatic rings. The number of unbranched alkanes of at least 4 members (excludes halogenated alkanes) is 4. The summed E-state index contributed by atoms with van der Waals surface area (Å²) in [7, 11) is 1.41. The summed E-state index contributed by atoms with van der Waals surface area (Å²) in [4.78, 5) is 11.7. The van der Waals surface area contributed by atoms with Crippen LogP contribution in [0, 0.1) is 0 Å². The summed E-state index contributed by atoms with van der Waals surface area (Å²) in [5, 5.41) is 9.84. The zero-order valence-corrected chi connectivity index (χ0v) is 25.2. The Kier molecular flexibility index (Phi) is 23.9. The van der Waals surface area contributed by atoms with Crippen LogP contribution in [0.2, 0.25) is 0 Å². The Bertz CT molecular complexity index is 740. The molecule has 1 N–H and O–H groups in total. The summed E-state index contributed by atoms with van der Waals surface area (Å²) in [5.74, 6) is 0. The van der Waals surface area contributed by atoms with Crippen LogP contribution in [-0.2, 0) is 18.3 Å². The molecule has 0 aliphatic carbocycles. The highest BCUT2D eigenvalue weighted by Gasteiger charge is 2.15. The molecule has 0 saturated carbocycles. The smallest absolute Gasteiger partial charge is 0.268 e. The number of hydrogen-bond donors (Lipinski definition) is 1. The fourth-order valence-corrected chi connectivity index (χ4v) is 3.83. The van der Waals surface area contributed by atoms with Gasteiger partial charge in [-0.1, -0.05) is 80.5 Å². The minimum Gasteiger partial charge on any atom is -0.756 e. The van der Waals surface area contributed by atoms with Gasteiger partial charge in [-0.05, 0) is 51.4 Å². The van der Waals surface area contributed by atoms with Crippen LogP contribution in [0.15, 0.2) is 60.8 Å². The van der Waals surface area contributed by atoms with E-state index in [1.165, 1.54) is 0 Å². The van der Waals surface area contributed by atoms with E-state index in [1.54, 1.807) is 0 Å². The summed E-state index contributed by atoms with van der Waals surface area (Å²) >= 11 is 0. The SMILES string of the molecule is CC/C=C\C/C=C\C/C=C\C/C=C\C/C=C\CCCCCCOCC(O)COP(=O)([O-])OCC[N+](C)(C)C. The topological polar surface area (TPSA) is 88.0 Å². The van der Waals surface area contributed by atoms with Gasteiger partial charge in [0.15, 0.2) is 0 Å². The van der Waals surface area contributed by atoms with Gasteiger partial charge < -0.3 is 28.3 Å². The first-order valence-corrected chi connectivity index (χ1v) is 15.5. The first kappa shape index (κ1) is 36.7. The van der Waals surface area contributed by atoms with Gasteiger partial charge in [0.25, 0.3) is 7.82 Å². The lowest BCUT2D eigenvalue weighted by Crippen LogP contribution is -2.37. The predicted octanol–water partition coefficient (Wildman–Crippen LogP) is 6.27. The zero-order chi connectivity index (χ0) is 28.4. The van der Waals surface area contributed by atoms with Gasteiger partial charge in [0.05, 0.1) is 34.4 Å². The molecule has 0 aromatic carbocycles. The van der Waals surface area contributed by atoms with Crippen molar-refractivity contribution in [3.05, 3.63) is 60.8 Å². The Morgan fingerprint density at radius 1 is 0.737 bits per heavy atom. The van der Waals surface area contributed by atoms with Crippen molar-refractivity contribution < 1.29 is 32.8 Å². The molecule has 0 fully saturated rings. The minimum atomic E-state index is -4.41. The van der Waals surface area contributed by atoms with Crippen LogP contribution in [0.3, 0.4) is 0 Å². The fourth-order valence-electron chi connectivity index (χ4n) is 3.10. The fraction of sp³-hybridized carbons (Fsp3) is 0.667. The highest BCUT2D eigenvalue weighted by atomic mass is 31.2. The molecule has 0 spiro atoms. The molecule has 38 heavy (non-hydrogen) atoms. The van der Waals surface area contributed by atoms with Gasteiger partial charge in [-0.25, -0.2) is 0 Å². The Morgan fingerprint density at radius 2 is 1.26 bits per heavy atom. The summed E-state index contributed by atoms with van der Waals surface area (Å²) in [6.45, 7) is 2.93. The molecule has 0 bridgehead atoms. The van der Waals surface area contributed by atoms with Crippen molar-refractivity contribution in [2.45, 2.75) is 77.2 Å². The van der Waals surface area contributed by atoms with Crippen molar-refractivity contribution in [3.8, 4) is 0 Å². The molecule has 0 rings (SSSR count). The molecule has 220 valence electrons. The van der Waals surface area contributed by atoms with E-state index in [2.05, 4.69) is 67.7 Å². The number of rotatable bonds is 25. The quantitative estimate of drug-likeness (QED) is 0.0618. The Balaban J connectivity index is 3.56. The molecule has 0 heterocycles. The normalized spacial score (nSPS) is 15.6. The van der Waals surface area contributed by atoms with Crippen molar-refractivity contribution in [2.24, 2.45) is 0 Å². The maximum atomic E-state index is 11.7. The van der Waals surface area contributed by atoms with Crippen LogP contribution in [0.4, 0.5) is 0 Å². The van der Waals surface area contributed by atoms with Crippen molar-refractivity contribution in [2.75, 3.05) is 54.1 Å². The third-order valence-corrected chi connectivity index (χ3v) is 6.28. The summed E-state index contributed by atoms with van der Waals surface area (Å²) < 4.78 is 27.2. The van der Waals surface area contributed by atoms with E-state index < -0.39 is 13.9 Å². The number of phosphoric ester groups is 1. The Morgan fingerprint density at radius 3 is 1.82 bits per heavy atom. The number of phosphoric acid groups is 1. The second kappa shape index (κ2) is 24.7. The van der Waals surface area contributed by atoms with Crippen LogP contribution in [0.5, 0.6) is 0 Å². The molecule has 0 aliphatic heterocycles. The average Bonchev–Trinajstić information content (AvgIpc) is 2.85. The molecular weight excluding hydrogens is 501 g/mol. The number of quaternary nitrogens is 1. The second-order valence-electron chi connectivity index (χ2n) is 10.2. The standard InChI is InChI=1S/C30H54NO6P/c1-5-6-7-8-9-10-11-12-13-14-15-16-17-18-19-20-21-22-23-24-26-35-28-30(32)29-37-38(33,34)36-27-25-31(2,3)4/h6-7,9-10,12-13,15-16,18-19,30,32H,5,8,11,14,17,20-29H2,1-4H3/b7-6-,10-9-,13-12-,16-15-,19-18-. The predicted molar refractivity (Wildman–Crippen MR) is 157 cm³/mol. The van der Waals surface area contributed by atoms with Crippen molar-refractivity contribution >= 4 is 7.82 Å². The van der Waals surface area contributed by atoms with Gasteiger partial charge >= 0.3 is 0 Å². The average molecular weight is 556 g/mol. The maximum absolute atomic E-state index is 11.7. The molecule has 0 saturated heterocycles. The van der Waals surface area contributed by atoms with Gasteiger partial charge in [0.1, 0.15) is 19.3 Å². The monoisotopic (exact) mass is 555 g/mol. The second-order valence-corrected chi connectivity index (χ2v) is 11.6. The van der Waals surface area contributed by atoms with Crippen molar-refractivity contribution in [1.29, 1.82) is 0 Å². The maximum Gasteiger partial charge on any atom is 0.268 e. The molecule has 7 nitrogen and oxygen atoms in total. The number of aliphatic hydroxyl groups is 1. The van der Waals surface area contributed by atoms with Gasteiger partial charge in [0, 0.05) is 6.61 Å². The van der Waals surface area contributed by atoms with Crippen LogP contribution in [0.1, 0.15) is 71.1 Å². The number of hydrogen-bond acceptors (Lipinski definition) is 6. The largest absolute Gasteiger partial charge is 0.756 e. The summed E-state index contributed by atoms with van der Waals surface area (Å²) in [6, 6.07) is 0. The molecule has 0 aromatic rings. The first-order valence-electron chi connectivity index (χ1n) is 14.1. The molecule has 0 aromatic heterocycles. The number of nitrogens with zero attached hydrogens (tertiary/aromatic N) is 1. The summed E-state index contributed by atoms with van der Waals surface area (Å²) in [5.41, 5.74) is 0. The Hall–Kier alpha value is -1.31. The van der Waals surface area contributed by atoms with Crippen molar-refractivity contribution in [1.82, 2.24) is 0 Å². The van der Waals surface area contributed by atoms with Crippen LogP contribution < -0.4 is 4.89 Å². The van der Waals surface area contributed by atoms with E-state index in [1.807, 2.05) is 21.1 Å². The van der Waals surface area contributed by atoms with Gasteiger partial charge in [-0.3, -0.25) is 4.57 Å². The third kappa shape index (κ3) is 29.2. The number of likely N-dealkylation sites (N-methyl/N-ethyl adjacent to an activating group) is 1. The van der Waals surface area contributed by atoms with Crippen LogP contribution >= 0.6 is 7.82 Å². The highest BCUT2D eigenvalue weighted by Crippen LogP contribution is 2.38. The van der Waals surface area contributed by atoms with Crippen molar-refractivity contribution in [3.63, 3.8) is 0 Å². The van der Waals surface area contributed by atoms with E-state index in [0.29, 0.717) is 17.6 Å². The minimum absolute atomic E-state index is 0.0396. The molecular formula is C30H54NO6P. The van der Waals surface area contributed by atoms with E-state index in [-0.39, 0.29) is 19.8 Å². The number of aliphatic hydroxyl groups excluding tert-OH is 1. The van der Waals surface area contributed by atoms with Gasteiger partial charge in [-0.2, -0.15) is 0 Å². The van der Waals surface area contributed by atoms with Crippen LogP contribution in [-0.4, -0.2) is 69.8 Å². The first-order chi connectivity index (χ1) is 18.2. The molecule has 0 radical (unpaired) electrons. The lowest BCUT2D eigenvalue weighted by Gasteiger charge is -2.27. The lowest BCUT2D eigenvalue weighted by molar-refractivity contribution is -0.870. The van der Waals surface area contributed by atoms with Gasteiger partial charge in [0.2, 0.25) is 0 Å². The van der Waals surface area contributed by atoms with Crippen LogP contribution in [0.25, 0.3) is 0 Å². The lowest BCUT2D eigenvalue weighted by atomic mass is 10.1. The van der Waals surface area contributed by atoms with Gasteiger partial charge in [-0.15, -0.1) is 0 Å². The van der Waals surface area contributed by atoms with E-state index >= 15 is 0 Å². The number of ether oxygens (including phenoxy) is 1. The highest BCUT2D eigenvalue weighted by molar-refractivity contribution is 7.45. The molecule has 2 atom stereocenters. The molecule has 8 heteroatoms. The molecule has 2 unspecified atom stereocenters. The third-order valence-electron chi connectivity index (χ3n) is 5.31.